The highest BCUT2D eigenvalue weighted by Crippen LogP contribution is 2.14. The summed E-state index contributed by atoms with van der Waals surface area (Å²) in [5.74, 6) is 0.657. The first-order chi connectivity index (χ1) is 12.4. The van der Waals surface area contributed by atoms with Gasteiger partial charge in [0.25, 0.3) is 0 Å². The van der Waals surface area contributed by atoms with Crippen LogP contribution in [0.4, 0.5) is 0 Å². The van der Waals surface area contributed by atoms with E-state index in [9.17, 15) is 4.79 Å². The Kier molecular flexibility index (Phi) is 10.9. The molecule has 0 amide bonds. The second-order valence-electron chi connectivity index (χ2n) is 7.07. The molecule has 0 bridgehead atoms. The van der Waals surface area contributed by atoms with Crippen molar-refractivity contribution in [2.24, 2.45) is 0 Å². The van der Waals surface area contributed by atoms with E-state index in [1.165, 1.54) is 0 Å². The van der Waals surface area contributed by atoms with Gasteiger partial charge >= 0.3 is 5.97 Å². The number of ether oxygens (including phenoxy) is 3. The summed E-state index contributed by atoms with van der Waals surface area (Å²) in [6.07, 6.45) is 2.30. The minimum atomic E-state index is -0.420. The van der Waals surface area contributed by atoms with Crippen LogP contribution in [0, 0.1) is 0 Å². The zero-order valence-corrected chi connectivity index (χ0v) is 16.3. The largest absolute Gasteiger partial charge is 0.494 e. The van der Waals surface area contributed by atoms with Crippen LogP contribution in [0.2, 0.25) is 0 Å². The fourth-order valence-electron chi connectivity index (χ4n) is 2.23. The Hall–Kier alpha value is -1.63. The number of esters is 1. The monoisotopic (exact) mass is 367 g/mol. The molecule has 0 aliphatic carbocycles. The Morgan fingerprint density at radius 1 is 1.15 bits per heavy atom. The highest BCUT2D eigenvalue weighted by molar-refractivity contribution is 5.70. The molecule has 6 heteroatoms. The van der Waals surface area contributed by atoms with Gasteiger partial charge < -0.3 is 24.6 Å². The summed E-state index contributed by atoms with van der Waals surface area (Å²) in [6, 6.07) is 7.79. The summed E-state index contributed by atoms with van der Waals surface area (Å²) in [4.78, 5) is 11.6. The molecule has 0 atom stereocenters. The first kappa shape index (κ1) is 22.4. The van der Waals surface area contributed by atoms with E-state index in [0.29, 0.717) is 32.8 Å². The minimum Gasteiger partial charge on any atom is -0.494 e. The summed E-state index contributed by atoms with van der Waals surface area (Å²) in [5, 5.41) is 12.0. The van der Waals surface area contributed by atoms with Crippen molar-refractivity contribution in [1.29, 1.82) is 0 Å². The van der Waals surface area contributed by atoms with Crippen LogP contribution in [0.5, 0.6) is 5.75 Å². The molecule has 0 heterocycles. The lowest BCUT2D eigenvalue weighted by molar-refractivity contribution is -0.154. The number of benzene rings is 1. The van der Waals surface area contributed by atoms with Crippen molar-refractivity contribution in [3.8, 4) is 5.75 Å². The summed E-state index contributed by atoms with van der Waals surface area (Å²) >= 11 is 0. The number of rotatable bonds is 13. The van der Waals surface area contributed by atoms with E-state index in [1.54, 1.807) is 0 Å². The molecule has 1 rings (SSSR count). The number of aliphatic hydroxyl groups excluding tert-OH is 1. The maximum Gasteiger partial charge on any atom is 0.307 e. The molecule has 0 radical (unpaired) electrons. The van der Waals surface area contributed by atoms with Crippen LogP contribution in [0.15, 0.2) is 24.3 Å². The number of carbonyl (C=O) groups is 1. The van der Waals surface area contributed by atoms with Crippen LogP contribution < -0.4 is 10.1 Å². The normalized spacial score (nSPS) is 11.4. The lowest BCUT2D eigenvalue weighted by Gasteiger charge is -2.19. The third-order valence-electron chi connectivity index (χ3n) is 3.35. The average Bonchev–Trinajstić information content (AvgIpc) is 2.56. The highest BCUT2D eigenvalue weighted by Gasteiger charge is 2.15. The predicted molar refractivity (Wildman–Crippen MR) is 101 cm³/mol. The number of aliphatic hydroxyl groups is 1. The van der Waals surface area contributed by atoms with Gasteiger partial charge in [0.2, 0.25) is 0 Å². The van der Waals surface area contributed by atoms with Gasteiger partial charge in [0.05, 0.1) is 32.8 Å². The maximum atomic E-state index is 11.6. The Balaban J connectivity index is 2.05. The van der Waals surface area contributed by atoms with Gasteiger partial charge in [-0.15, -0.1) is 0 Å². The molecular formula is C20H33NO5. The highest BCUT2D eigenvalue weighted by atomic mass is 16.6. The zero-order valence-electron chi connectivity index (χ0n) is 16.3. The molecule has 0 fully saturated rings. The molecule has 0 aliphatic rings. The van der Waals surface area contributed by atoms with Gasteiger partial charge in [0, 0.05) is 6.54 Å². The minimum absolute atomic E-state index is 0.0298. The van der Waals surface area contributed by atoms with Crippen molar-refractivity contribution in [2.45, 2.75) is 52.2 Å². The van der Waals surface area contributed by atoms with Gasteiger partial charge in [-0.1, -0.05) is 12.1 Å². The first-order valence-electron chi connectivity index (χ1n) is 9.23. The third kappa shape index (κ3) is 11.8. The van der Waals surface area contributed by atoms with Crippen LogP contribution in [-0.4, -0.2) is 49.6 Å². The van der Waals surface area contributed by atoms with Crippen LogP contribution in [0.25, 0.3) is 0 Å². The fraction of sp³-hybridized carbons (Fsp3) is 0.650. The van der Waals surface area contributed by atoms with E-state index >= 15 is 0 Å². The quantitative estimate of drug-likeness (QED) is 0.412. The fourth-order valence-corrected chi connectivity index (χ4v) is 2.23. The summed E-state index contributed by atoms with van der Waals surface area (Å²) in [5.41, 5.74) is 0.608. The van der Waals surface area contributed by atoms with Crippen molar-refractivity contribution >= 4 is 5.97 Å². The molecule has 0 saturated heterocycles. The van der Waals surface area contributed by atoms with Gasteiger partial charge in [0.15, 0.2) is 0 Å². The molecule has 2 N–H and O–H groups in total. The zero-order chi connectivity index (χ0) is 19.3. The van der Waals surface area contributed by atoms with Gasteiger partial charge in [-0.3, -0.25) is 4.79 Å². The summed E-state index contributed by atoms with van der Waals surface area (Å²) in [7, 11) is 0. The molecule has 0 saturated carbocycles. The molecule has 0 unspecified atom stereocenters. The number of nitrogens with one attached hydrogen (secondary N) is 1. The van der Waals surface area contributed by atoms with E-state index in [2.05, 4.69) is 5.32 Å². The lowest BCUT2D eigenvalue weighted by Crippen LogP contribution is -2.27. The van der Waals surface area contributed by atoms with E-state index in [4.69, 9.17) is 19.3 Å². The van der Waals surface area contributed by atoms with E-state index < -0.39 is 5.60 Å². The van der Waals surface area contributed by atoms with Crippen molar-refractivity contribution in [2.75, 3.05) is 32.9 Å². The number of carbonyl (C=O) groups excluding carboxylic acids is 1. The molecule has 0 aromatic heterocycles. The Morgan fingerprint density at radius 3 is 2.69 bits per heavy atom. The Bertz CT molecular complexity index is 513. The van der Waals surface area contributed by atoms with Crippen LogP contribution in [0.1, 0.15) is 45.6 Å². The lowest BCUT2D eigenvalue weighted by atomic mass is 10.2. The van der Waals surface area contributed by atoms with Crippen molar-refractivity contribution in [3.63, 3.8) is 0 Å². The predicted octanol–water partition coefficient (Wildman–Crippen LogP) is 2.68. The Labute approximate surface area is 156 Å². The van der Waals surface area contributed by atoms with E-state index in [0.717, 1.165) is 30.7 Å². The van der Waals surface area contributed by atoms with Gasteiger partial charge in [-0.2, -0.15) is 0 Å². The van der Waals surface area contributed by atoms with Crippen LogP contribution in [-0.2, 0) is 20.9 Å². The third-order valence-corrected chi connectivity index (χ3v) is 3.35. The van der Waals surface area contributed by atoms with Gasteiger partial charge in [0.1, 0.15) is 11.4 Å². The number of hydrogen-bond acceptors (Lipinski definition) is 6. The summed E-state index contributed by atoms with van der Waals surface area (Å²) in [6.45, 7) is 8.58. The smallest absolute Gasteiger partial charge is 0.307 e. The number of hydrogen-bond donors (Lipinski definition) is 2. The van der Waals surface area contributed by atoms with Crippen molar-refractivity contribution in [1.82, 2.24) is 5.32 Å². The molecule has 26 heavy (non-hydrogen) atoms. The average molecular weight is 367 g/mol. The Morgan fingerprint density at radius 2 is 1.96 bits per heavy atom. The van der Waals surface area contributed by atoms with Crippen molar-refractivity contribution < 1.29 is 24.1 Å². The van der Waals surface area contributed by atoms with Crippen LogP contribution in [0.3, 0.4) is 0 Å². The summed E-state index contributed by atoms with van der Waals surface area (Å²) < 4.78 is 16.3. The molecule has 1 aromatic rings. The molecule has 0 spiro atoms. The van der Waals surface area contributed by atoms with Crippen LogP contribution >= 0.6 is 0 Å². The second-order valence-corrected chi connectivity index (χ2v) is 7.07. The molecule has 0 aliphatic heterocycles. The van der Waals surface area contributed by atoms with E-state index in [1.807, 2.05) is 45.0 Å². The molecule has 1 aromatic carbocycles. The topological polar surface area (TPSA) is 77.0 Å². The first-order valence-corrected chi connectivity index (χ1v) is 9.23. The molecule has 6 nitrogen and oxygen atoms in total. The molecular weight excluding hydrogens is 334 g/mol. The second kappa shape index (κ2) is 12.7. The number of unbranched alkanes of at least 4 members (excludes halogenated alkanes) is 1. The van der Waals surface area contributed by atoms with Gasteiger partial charge in [-0.05, 0) is 57.9 Å². The standard InChI is InChI=1S/C20H33NO5/c1-20(2,3)26-19(23)9-11-21-10-4-5-13-25-18-8-6-7-17(15-18)16-24-14-12-22/h6-8,15,21-22H,4-5,9-14,16H2,1-3H3. The van der Waals surface area contributed by atoms with Crippen molar-refractivity contribution in [3.05, 3.63) is 29.8 Å². The SMILES string of the molecule is CC(C)(C)OC(=O)CCNCCCCOc1cccc(COCCO)c1. The maximum absolute atomic E-state index is 11.6. The van der Waals surface area contributed by atoms with Gasteiger partial charge in [-0.25, -0.2) is 0 Å². The molecule has 148 valence electrons. The van der Waals surface area contributed by atoms with E-state index in [-0.39, 0.29) is 12.6 Å².